The van der Waals surface area contributed by atoms with Crippen LogP contribution in [0.25, 0.3) is 0 Å². The van der Waals surface area contributed by atoms with Crippen LogP contribution in [0.15, 0.2) is 24.4 Å². The van der Waals surface area contributed by atoms with Crippen molar-refractivity contribution in [3.63, 3.8) is 0 Å². The summed E-state index contributed by atoms with van der Waals surface area (Å²) in [5.74, 6) is -0.873. The molecule has 2 rings (SSSR count). The van der Waals surface area contributed by atoms with Crippen molar-refractivity contribution < 1.29 is 13.9 Å². The predicted molar refractivity (Wildman–Crippen MR) is 57.3 cm³/mol. The fourth-order valence-electron chi connectivity index (χ4n) is 1.24. The Kier molecular flexibility index (Phi) is 2.99. The van der Waals surface area contributed by atoms with Gasteiger partial charge in [-0.2, -0.15) is 15.4 Å². The molecule has 0 saturated heterocycles. The third-order valence-corrected chi connectivity index (χ3v) is 2.06. The second-order valence-electron chi connectivity index (χ2n) is 3.16. The SMILES string of the molecule is COc1cc(NC(=O)c2cn[nH]n2)ccc1F. The van der Waals surface area contributed by atoms with Gasteiger partial charge in [0.2, 0.25) is 0 Å². The van der Waals surface area contributed by atoms with E-state index >= 15 is 0 Å². The molecule has 0 fully saturated rings. The number of nitrogens with one attached hydrogen (secondary N) is 2. The Labute approximate surface area is 95.8 Å². The molecule has 1 aromatic heterocycles. The van der Waals surface area contributed by atoms with Crippen molar-refractivity contribution in [2.45, 2.75) is 0 Å². The number of anilines is 1. The standard InChI is InChI=1S/C10H9FN4O2/c1-17-9-4-6(2-3-7(9)11)13-10(16)8-5-12-15-14-8/h2-5H,1H3,(H,13,16)(H,12,14,15). The van der Waals surface area contributed by atoms with Gasteiger partial charge in [0.15, 0.2) is 17.3 Å². The normalized spacial score (nSPS) is 10.0. The third-order valence-electron chi connectivity index (χ3n) is 2.06. The predicted octanol–water partition coefficient (Wildman–Crippen LogP) is 1.20. The van der Waals surface area contributed by atoms with Crippen molar-refractivity contribution in [2.24, 2.45) is 0 Å². The second-order valence-corrected chi connectivity index (χ2v) is 3.16. The number of hydrogen-bond acceptors (Lipinski definition) is 4. The number of rotatable bonds is 3. The van der Waals surface area contributed by atoms with Gasteiger partial charge >= 0.3 is 0 Å². The smallest absolute Gasteiger partial charge is 0.277 e. The van der Waals surface area contributed by atoms with Crippen LogP contribution in [-0.2, 0) is 0 Å². The van der Waals surface area contributed by atoms with E-state index in [2.05, 4.69) is 20.7 Å². The van der Waals surface area contributed by atoms with Gasteiger partial charge in [-0.25, -0.2) is 4.39 Å². The van der Waals surface area contributed by atoms with Crippen molar-refractivity contribution in [1.82, 2.24) is 15.4 Å². The molecule has 17 heavy (non-hydrogen) atoms. The lowest BCUT2D eigenvalue weighted by Crippen LogP contribution is -2.12. The Morgan fingerprint density at radius 1 is 1.53 bits per heavy atom. The van der Waals surface area contributed by atoms with E-state index in [1.165, 1.54) is 31.5 Å². The van der Waals surface area contributed by atoms with Gasteiger partial charge in [0.25, 0.3) is 5.91 Å². The van der Waals surface area contributed by atoms with Crippen molar-refractivity contribution in [3.8, 4) is 5.75 Å². The van der Waals surface area contributed by atoms with Crippen LogP contribution >= 0.6 is 0 Å². The van der Waals surface area contributed by atoms with E-state index in [-0.39, 0.29) is 11.4 Å². The monoisotopic (exact) mass is 236 g/mol. The maximum atomic E-state index is 13.1. The summed E-state index contributed by atoms with van der Waals surface area (Å²) >= 11 is 0. The quantitative estimate of drug-likeness (QED) is 0.839. The first kappa shape index (κ1) is 11.1. The van der Waals surface area contributed by atoms with Crippen LogP contribution in [0.1, 0.15) is 10.5 Å². The molecule has 1 amide bonds. The first-order valence-electron chi connectivity index (χ1n) is 4.71. The number of H-pyrrole nitrogens is 1. The Morgan fingerprint density at radius 3 is 3.00 bits per heavy atom. The van der Waals surface area contributed by atoms with Gasteiger partial charge in [0, 0.05) is 11.8 Å². The number of methoxy groups -OCH3 is 1. The number of carbonyl (C=O) groups is 1. The van der Waals surface area contributed by atoms with Gasteiger partial charge in [0.05, 0.1) is 13.3 Å². The van der Waals surface area contributed by atoms with Gasteiger partial charge in [-0.3, -0.25) is 4.79 Å². The van der Waals surface area contributed by atoms with E-state index in [4.69, 9.17) is 4.74 Å². The summed E-state index contributed by atoms with van der Waals surface area (Å²) in [4.78, 5) is 11.6. The van der Waals surface area contributed by atoms with Crippen molar-refractivity contribution >= 4 is 11.6 Å². The van der Waals surface area contributed by atoms with Crippen LogP contribution in [0.3, 0.4) is 0 Å². The summed E-state index contributed by atoms with van der Waals surface area (Å²) in [6.45, 7) is 0. The minimum atomic E-state index is -0.494. The van der Waals surface area contributed by atoms with Crippen LogP contribution < -0.4 is 10.1 Å². The number of hydrogen-bond donors (Lipinski definition) is 2. The molecule has 0 aliphatic rings. The zero-order chi connectivity index (χ0) is 12.3. The maximum Gasteiger partial charge on any atom is 0.277 e. The number of benzene rings is 1. The molecule has 0 unspecified atom stereocenters. The number of aromatic nitrogens is 3. The van der Waals surface area contributed by atoms with Gasteiger partial charge in [-0.05, 0) is 12.1 Å². The summed E-state index contributed by atoms with van der Waals surface area (Å²) in [5.41, 5.74) is 0.560. The zero-order valence-electron chi connectivity index (χ0n) is 8.90. The maximum absolute atomic E-state index is 13.1. The Balaban J connectivity index is 2.16. The summed E-state index contributed by atoms with van der Waals surface area (Å²) in [6.07, 6.45) is 1.29. The molecule has 1 heterocycles. The first-order valence-corrected chi connectivity index (χ1v) is 4.71. The molecule has 0 atom stereocenters. The number of carbonyl (C=O) groups excluding carboxylic acids is 1. The molecule has 0 radical (unpaired) electrons. The van der Waals surface area contributed by atoms with Gasteiger partial charge in [0.1, 0.15) is 0 Å². The second kappa shape index (κ2) is 4.60. The van der Waals surface area contributed by atoms with Gasteiger partial charge in [-0.15, -0.1) is 0 Å². The van der Waals surface area contributed by atoms with Crippen molar-refractivity contribution in [1.29, 1.82) is 0 Å². The lowest BCUT2D eigenvalue weighted by atomic mass is 10.3. The van der Waals surface area contributed by atoms with E-state index in [1.54, 1.807) is 0 Å². The molecule has 88 valence electrons. The molecule has 2 N–H and O–H groups in total. The van der Waals surface area contributed by atoms with Gasteiger partial charge < -0.3 is 10.1 Å². The molecular formula is C10H9FN4O2. The van der Waals surface area contributed by atoms with E-state index in [9.17, 15) is 9.18 Å². The van der Waals surface area contributed by atoms with Crippen molar-refractivity contribution in [2.75, 3.05) is 12.4 Å². The molecule has 1 aromatic carbocycles. The molecule has 0 spiro atoms. The first-order chi connectivity index (χ1) is 8.20. The van der Waals surface area contributed by atoms with Crippen molar-refractivity contribution in [3.05, 3.63) is 35.9 Å². The van der Waals surface area contributed by atoms with Gasteiger partial charge in [-0.1, -0.05) is 0 Å². The van der Waals surface area contributed by atoms with Crippen LogP contribution in [0.2, 0.25) is 0 Å². The summed E-state index contributed by atoms with van der Waals surface area (Å²) in [6, 6.07) is 4.01. The number of ether oxygens (including phenoxy) is 1. The Bertz CT molecular complexity index is 527. The van der Waals surface area contributed by atoms with Crippen LogP contribution in [-0.4, -0.2) is 28.4 Å². The minimum Gasteiger partial charge on any atom is -0.494 e. The van der Waals surface area contributed by atoms with E-state index in [0.717, 1.165) is 0 Å². The zero-order valence-corrected chi connectivity index (χ0v) is 8.90. The average Bonchev–Trinajstić information content (AvgIpc) is 2.85. The highest BCUT2D eigenvalue weighted by molar-refractivity contribution is 6.02. The molecule has 2 aromatic rings. The highest BCUT2D eigenvalue weighted by atomic mass is 19.1. The molecular weight excluding hydrogens is 227 g/mol. The number of nitrogens with zero attached hydrogens (tertiary/aromatic N) is 2. The molecule has 0 aliphatic carbocycles. The van der Waals surface area contributed by atoms with E-state index in [0.29, 0.717) is 5.69 Å². The molecule has 6 nitrogen and oxygen atoms in total. The summed E-state index contributed by atoms with van der Waals surface area (Å²) in [7, 11) is 1.35. The van der Waals surface area contributed by atoms with Crippen LogP contribution in [0, 0.1) is 5.82 Å². The minimum absolute atomic E-state index is 0.0583. The fraction of sp³-hybridized carbons (Fsp3) is 0.100. The molecule has 0 saturated carbocycles. The van der Waals surface area contributed by atoms with E-state index in [1.807, 2.05) is 0 Å². The van der Waals surface area contributed by atoms with E-state index < -0.39 is 11.7 Å². The highest BCUT2D eigenvalue weighted by Gasteiger charge is 2.10. The fourth-order valence-corrected chi connectivity index (χ4v) is 1.24. The molecule has 7 heteroatoms. The van der Waals surface area contributed by atoms with Crippen LogP contribution in [0.4, 0.5) is 10.1 Å². The molecule has 0 aliphatic heterocycles. The molecule has 0 bridgehead atoms. The number of halogens is 1. The topological polar surface area (TPSA) is 79.9 Å². The average molecular weight is 236 g/mol. The summed E-state index contributed by atoms with van der Waals surface area (Å²) in [5, 5.41) is 12.0. The lowest BCUT2D eigenvalue weighted by Gasteiger charge is -2.06. The Hall–Kier alpha value is -2.44. The largest absolute Gasteiger partial charge is 0.494 e. The number of amides is 1. The summed E-state index contributed by atoms with van der Waals surface area (Å²) < 4.78 is 17.9. The number of aromatic amines is 1. The van der Waals surface area contributed by atoms with Crippen LogP contribution in [0.5, 0.6) is 5.75 Å². The highest BCUT2D eigenvalue weighted by Crippen LogP contribution is 2.21. The Morgan fingerprint density at radius 2 is 2.35 bits per heavy atom. The lowest BCUT2D eigenvalue weighted by molar-refractivity contribution is 0.102. The third kappa shape index (κ3) is 2.39.